The standard InChI is InChI=1S/C54H81N5O11/c1-31(2)33-15-20-54(30-68-43(63)26-49(6,7)25-42(62)67-29-36-35(57-58-55)23-40(69-36)59-28-32(3)46(65)56-47(59)66)22-21-52(11)34(45(33)54)13-14-38-51(10)18-17-39(50(8,9)37(51)16-19-53(38,52)12)70-44(64)27-48(4,5)24-41(60)61/h28,33-40,45,55H,1,13-27,29-30H2,2-12H3,(H-,56,60,61,65,66)/p+1/t33-,34+,35?,36?,37-,38+,39-,40?,45+,51-,52+,53+,54+/m0/s1. The van der Waals surface area contributed by atoms with E-state index < -0.39 is 52.4 Å². The number of fused-ring (bicyclic) bond motifs is 7. The Kier molecular flexibility index (Phi) is 14.6. The molecule has 1 aliphatic heterocycles. The maximum absolute atomic E-state index is 13.8. The Morgan fingerprint density at radius 1 is 0.871 bits per heavy atom. The third-order valence-corrected chi connectivity index (χ3v) is 19.7. The minimum Gasteiger partial charge on any atom is -0.481 e. The Balaban J connectivity index is 0.981. The molecular formula is C54H82N5O11+. The summed E-state index contributed by atoms with van der Waals surface area (Å²) in [7, 11) is 0. The van der Waals surface area contributed by atoms with Crippen molar-refractivity contribution in [1.82, 2.24) is 14.5 Å². The van der Waals surface area contributed by atoms with Gasteiger partial charge in [0.25, 0.3) is 5.56 Å². The van der Waals surface area contributed by atoms with Gasteiger partial charge in [0.1, 0.15) is 35.7 Å². The van der Waals surface area contributed by atoms with Crippen molar-refractivity contribution < 1.29 is 43.2 Å². The number of rotatable bonds is 16. The van der Waals surface area contributed by atoms with Crippen molar-refractivity contribution in [2.24, 2.45) is 72.6 Å². The molecule has 0 amide bonds. The van der Waals surface area contributed by atoms with Gasteiger partial charge in [-0.15, -0.1) is 0 Å². The number of esters is 3. The fourth-order valence-corrected chi connectivity index (χ4v) is 16.2. The molecule has 1 aromatic rings. The molecule has 0 spiro atoms. The van der Waals surface area contributed by atoms with Gasteiger partial charge in [0.05, 0.1) is 32.3 Å². The van der Waals surface area contributed by atoms with E-state index in [1.807, 2.05) is 27.7 Å². The number of hydrogen-bond acceptors (Lipinski definition) is 12. The van der Waals surface area contributed by atoms with Crippen LogP contribution in [0.25, 0.3) is 0 Å². The second-order valence-corrected chi connectivity index (χ2v) is 25.8. The molecule has 0 radical (unpaired) electrons. The van der Waals surface area contributed by atoms with Crippen LogP contribution in [0.15, 0.2) is 33.1 Å². The third-order valence-electron chi connectivity index (χ3n) is 19.7. The number of nitrogens with zero attached hydrogens (tertiary/aromatic N) is 3. The first-order valence-electron chi connectivity index (χ1n) is 25.9. The van der Waals surface area contributed by atoms with Crippen LogP contribution < -0.4 is 16.2 Å². The van der Waals surface area contributed by atoms with Crippen LogP contribution in [0.3, 0.4) is 0 Å². The number of aliphatic carboxylic acids is 1. The zero-order valence-electron chi connectivity index (χ0n) is 43.9. The van der Waals surface area contributed by atoms with E-state index in [0.29, 0.717) is 41.8 Å². The zero-order valence-corrected chi connectivity index (χ0v) is 43.9. The first-order chi connectivity index (χ1) is 32.5. The van der Waals surface area contributed by atoms with Crippen molar-refractivity contribution in [1.29, 1.82) is 5.53 Å². The van der Waals surface area contributed by atoms with Gasteiger partial charge in [0.2, 0.25) is 4.91 Å². The second kappa shape index (κ2) is 19.2. The molecule has 0 aromatic carbocycles. The highest BCUT2D eigenvalue weighted by Crippen LogP contribution is 2.77. The van der Waals surface area contributed by atoms with Gasteiger partial charge in [0, 0.05) is 29.0 Å². The normalized spacial score (nSPS) is 36.5. The highest BCUT2D eigenvalue weighted by atomic mass is 16.6. The van der Waals surface area contributed by atoms with Crippen LogP contribution in [0.5, 0.6) is 0 Å². The highest BCUT2D eigenvalue weighted by Gasteiger charge is 2.71. The molecule has 3 N–H and O–H groups in total. The molecule has 0 bridgehead atoms. The topological polar surface area (TPSA) is 231 Å². The molecule has 13 atom stereocenters. The lowest BCUT2D eigenvalue weighted by molar-refractivity contribution is -0.252. The van der Waals surface area contributed by atoms with Gasteiger partial charge >= 0.3 is 29.6 Å². The van der Waals surface area contributed by atoms with E-state index in [1.165, 1.54) is 16.3 Å². The number of aromatic nitrogens is 2. The Hall–Kier alpha value is -4.43. The van der Waals surface area contributed by atoms with Gasteiger partial charge in [-0.3, -0.25) is 33.5 Å². The lowest BCUT2D eigenvalue weighted by Crippen LogP contribution is -2.67. The number of carbonyl (C=O) groups excluding carboxylic acids is 3. The summed E-state index contributed by atoms with van der Waals surface area (Å²) >= 11 is 0. The average Bonchev–Trinajstić information content (AvgIpc) is 3.83. The number of carboxylic acid groups (broad SMARTS) is 1. The van der Waals surface area contributed by atoms with Crippen LogP contribution in [-0.2, 0) is 38.1 Å². The maximum Gasteiger partial charge on any atom is 0.330 e. The van der Waals surface area contributed by atoms with Crippen molar-refractivity contribution >= 4 is 23.9 Å². The quantitative estimate of drug-likeness (QED) is 0.0464. The van der Waals surface area contributed by atoms with Gasteiger partial charge in [-0.05, 0) is 135 Å². The van der Waals surface area contributed by atoms with Crippen LogP contribution in [0.4, 0.5) is 0 Å². The van der Waals surface area contributed by atoms with Gasteiger partial charge in [-0.25, -0.2) is 4.79 Å². The van der Waals surface area contributed by atoms with Crippen LogP contribution >= 0.6 is 0 Å². The lowest BCUT2D eigenvalue weighted by atomic mass is 9.32. The monoisotopic (exact) mass is 977 g/mol. The van der Waals surface area contributed by atoms with E-state index >= 15 is 0 Å². The molecule has 388 valence electrons. The fourth-order valence-electron chi connectivity index (χ4n) is 16.2. The van der Waals surface area contributed by atoms with Crippen molar-refractivity contribution in [2.45, 2.75) is 197 Å². The molecule has 1 aromatic heterocycles. The molecule has 3 unspecified atom stereocenters. The van der Waals surface area contributed by atoms with Crippen molar-refractivity contribution in [3.8, 4) is 0 Å². The molecule has 1 saturated heterocycles. The van der Waals surface area contributed by atoms with E-state index in [2.05, 4.69) is 63.1 Å². The molecular weight excluding hydrogens is 895 g/mol. The Morgan fingerprint density at radius 3 is 2.19 bits per heavy atom. The summed E-state index contributed by atoms with van der Waals surface area (Å²) in [4.78, 5) is 81.9. The Bertz CT molecular complexity index is 2400. The summed E-state index contributed by atoms with van der Waals surface area (Å²) < 4.78 is 25.6. The first kappa shape index (κ1) is 53.4. The molecule has 5 saturated carbocycles. The Morgan fingerprint density at radius 2 is 1.53 bits per heavy atom. The SMILES string of the molecule is C=C(C)[C@@H]1CC[C@]2(COC(=O)CC(C)(C)CC(=O)OCC3OC(n4cc(C)c(=O)[nH]c4=O)CC3N=[N+]=N)CC[C@]3(C)[C@H](CC[C@@H]4[C@@]5(C)CC[C@H](OC(=O)CC(C)(C)CC(=O)O)C(C)(C)[C@@H]5CC[C@]43C)[C@@H]12. The van der Waals surface area contributed by atoms with Crippen molar-refractivity contribution in [3.63, 3.8) is 0 Å². The van der Waals surface area contributed by atoms with E-state index in [4.69, 9.17) is 24.5 Å². The fraction of sp³-hybridized carbons (Fsp3) is 0.815. The third kappa shape index (κ3) is 9.90. The predicted octanol–water partition coefficient (Wildman–Crippen LogP) is 9.40. The average molecular weight is 977 g/mol. The summed E-state index contributed by atoms with van der Waals surface area (Å²) in [6.07, 6.45) is 9.98. The molecule has 6 aliphatic rings. The van der Waals surface area contributed by atoms with E-state index in [1.54, 1.807) is 6.92 Å². The summed E-state index contributed by atoms with van der Waals surface area (Å²) in [6.45, 7) is 28.1. The van der Waals surface area contributed by atoms with Crippen LogP contribution in [0.1, 0.15) is 177 Å². The molecule has 2 heterocycles. The molecule has 6 fully saturated rings. The molecule has 7 rings (SSSR count). The van der Waals surface area contributed by atoms with Gasteiger partial charge in [0.15, 0.2) is 6.04 Å². The largest absolute Gasteiger partial charge is 0.481 e. The minimum absolute atomic E-state index is 0.0265. The number of H-pyrrole nitrogens is 1. The summed E-state index contributed by atoms with van der Waals surface area (Å²) in [5.74, 6) is -0.0933. The van der Waals surface area contributed by atoms with Crippen LogP contribution in [0, 0.1) is 79.9 Å². The molecule has 16 heteroatoms. The number of allylic oxidation sites excluding steroid dienone is 1. The molecule has 70 heavy (non-hydrogen) atoms. The smallest absolute Gasteiger partial charge is 0.330 e. The maximum atomic E-state index is 13.8. The predicted molar refractivity (Wildman–Crippen MR) is 260 cm³/mol. The van der Waals surface area contributed by atoms with Crippen molar-refractivity contribution in [3.05, 3.63) is 44.8 Å². The number of aromatic amines is 1. The minimum atomic E-state index is -0.914. The first-order valence-corrected chi connectivity index (χ1v) is 25.9. The van der Waals surface area contributed by atoms with Gasteiger partial charge in [-0.2, -0.15) is 0 Å². The number of hydrogen-bond donors (Lipinski definition) is 3. The summed E-state index contributed by atoms with van der Waals surface area (Å²) in [6, 6.07) is -0.661. The molecule has 16 nitrogen and oxygen atoms in total. The number of carbonyl (C=O) groups is 4. The summed E-state index contributed by atoms with van der Waals surface area (Å²) in [5, 5.41) is 13.3. The second-order valence-electron chi connectivity index (χ2n) is 25.8. The van der Waals surface area contributed by atoms with E-state index in [0.717, 1.165) is 64.2 Å². The van der Waals surface area contributed by atoms with Gasteiger partial charge < -0.3 is 24.1 Å². The van der Waals surface area contributed by atoms with E-state index in [-0.39, 0.29) is 83.8 Å². The number of carboxylic acids is 1. The summed E-state index contributed by atoms with van der Waals surface area (Å²) in [5.41, 5.74) is 6.05. The zero-order chi connectivity index (χ0) is 51.6. The number of nitrogens with one attached hydrogen (secondary N) is 2. The van der Waals surface area contributed by atoms with Crippen LogP contribution in [-0.4, -0.2) is 70.0 Å². The molecule has 5 aliphatic carbocycles. The number of aryl methyl sites for hydroxylation is 1. The highest BCUT2D eigenvalue weighted by molar-refractivity contribution is 5.74. The van der Waals surface area contributed by atoms with Crippen molar-refractivity contribution in [2.75, 3.05) is 13.2 Å². The van der Waals surface area contributed by atoms with Gasteiger partial charge in [-0.1, -0.05) is 74.5 Å². The number of ether oxygens (including phenoxy) is 4. The van der Waals surface area contributed by atoms with Crippen LogP contribution in [0.2, 0.25) is 0 Å². The van der Waals surface area contributed by atoms with E-state index in [9.17, 15) is 33.9 Å². The lowest BCUT2D eigenvalue weighted by Gasteiger charge is -2.73. The Labute approximate surface area is 413 Å².